The highest BCUT2D eigenvalue weighted by molar-refractivity contribution is 6.04. The van der Waals surface area contributed by atoms with Crippen molar-refractivity contribution in [1.82, 2.24) is 9.88 Å². The molecule has 0 radical (unpaired) electrons. The van der Waals surface area contributed by atoms with Gasteiger partial charge in [0, 0.05) is 36.2 Å². The third-order valence-corrected chi connectivity index (χ3v) is 4.48. The number of likely N-dealkylation sites (tertiary alicyclic amines) is 1. The highest BCUT2D eigenvalue weighted by Gasteiger charge is 2.17. The zero-order chi connectivity index (χ0) is 16.1. The summed E-state index contributed by atoms with van der Waals surface area (Å²) >= 11 is 0. The summed E-state index contributed by atoms with van der Waals surface area (Å²) in [4.78, 5) is 18.6. The van der Waals surface area contributed by atoms with E-state index in [-0.39, 0.29) is 5.91 Å². The average molecular weight is 309 g/mol. The van der Waals surface area contributed by atoms with Crippen LogP contribution in [0, 0.1) is 0 Å². The van der Waals surface area contributed by atoms with Gasteiger partial charge in [-0.1, -0.05) is 18.6 Å². The lowest BCUT2D eigenvalue weighted by Crippen LogP contribution is -2.36. The summed E-state index contributed by atoms with van der Waals surface area (Å²) < 4.78 is 0. The predicted octanol–water partition coefficient (Wildman–Crippen LogP) is 3.71. The van der Waals surface area contributed by atoms with Gasteiger partial charge in [0.05, 0.1) is 0 Å². The molecule has 0 saturated carbocycles. The largest absolute Gasteiger partial charge is 0.322 e. The molecule has 1 fully saturated rings. The molecule has 1 amide bonds. The minimum absolute atomic E-state index is 0.107. The van der Waals surface area contributed by atoms with Crippen molar-refractivity contribution in [3.63, 3.8) is 0 Å². The first kappa shape index (κ1) is 15.7. The normalized spacial score (nSPS) is 18.6. The Balaban J connectivity index is 1.60. The number of aromatic nitrogens is 1. The zero-order valence-corrected chi connectivity index (χ0v) is 13.5. The fourth-order valence-electron chi connectivity index (χ4n) is 3.03. The standard InChI is InChI=1S/C19H23N3O/c1-15-4-2-3-13-22(15)14-16-5-7-18(8-6-16)21-19(23)17-9-11-20-12-10-17/h5-12,15H,2-4,13-14H2,1H3,(H,21,23)/t15-/m0/s1. The van der Waals surface area contributed by atoms with E-state index in [0.717, 1.165) is 12.2 Å². The molecule has 2 aromatic rings. The van der Waals surface area contributed by atoms with Gasteiger partial charge in [-0.2, -0.15) is 0 Å². The summed E-state index contributed by atoms with van der Waals surface area (Å²) in [5.41, 5.74) is 2.73. The Kier molecular flexibility index (Phi) is 5.03. The zero-order valence-electron chi connectivity index (χ0n) is 13.5. The van der Waals surface area contributed by atoms with Crippen LogP contribution >= 0.6 is 0 Å². The molecule has 1 atom stereocenters. The SMILES string of the molecule is C[C@H]1CCCCN1Cc1ccc(NC(=O)c2ccncc2)cc1. The molecular weight excluding hydrogens is 286 g/mol. The van der Waals surface area contributed by atoms with E-state index in [0.29, 0.717) is 11.6 Å². The van der Waals surface area contributed by atoms with E-state index in [9.17, 15) is 4.79 Å². The smallest absolute Gasteiger partial charge is 0.255 e. The van der Waals surface area contributed by atoms with E-state index in [1.54, 1.807) is 24.5 Å². The number of rotatable bonds is 4. The summed E-state index contributed by atoms with van der Waals surface area (Å²) in [6.07, 6.45) is 7.18. The van der Waals surface area contributed by atoms with Crippen molar-refractivity contribution in [1.29, 1.82) is 0 Å². The maximum atomic E-state index is 12.1. The number of hydrogen-bond acceptors (Lipinski definition) is 3. The summed E-state index contributed by atoms with van der Waals surface area (Å²) in [6, 6.07) is 12.2. The predicted molar refractivity (Wildman–Crippen MR) is 92.4 cm³/mol. The Bertz CT molecular complexity index is 639. The Morgan fingerprint density at radius 2 is 1.91 bits per heavy atom. The Morgan fingerprint density at radius 1 is 1.17 bits per heavy atom. The maximum Gasteiger partial charge on any atom is 0.255 e. The molecule has 1 aromatic carbocycles. The van der Waals surface area contributed by atoms with Crippen LogP contribution in [-0.2, 0) is 6.54 Å². The van der Waals surface area contributed by atoms with Crippen LogP contribution in [0.1, 0.15) is 42.1 Å². The van der Waals surface area contributed by atoms with Gasteiger partial charge < -0.3 is 5.32 Å². The number of pyridine rings is 1. The third kappa shape index (κ3) is 4.17. The summed E-state index contributed by atoms with van der Waals surface area (Å²) in [7, 11) is 0. The number of amides is 1. The number of carbonyl (C=O) groups excluding carboxylic acids is 1. The Morgan fingerprint density at radius 3 is 2.61 bits per heavy atom. The van der Waals surface area contributed by atoms with Crippen LogP contribution in [0.3, 0.4) is 0 Å². The molecule has 0 unspecified atom stereocenters. The van der Waals surface area contributed by atoms with Crippen molar-refractivity contribution >= 4 is 11.6 Å². The summed E-state index contributed by atoms with van der Waals surface area (Å²) in [5, 5.41) is 2.92. The van der Waals surface area contributed by atoms with E-state index in [2.05, 4.69) is 34.3 Å². The number of hydrogen-bond donors (Lipinski definition) is 1. The first-order valence-electron chi connectivity index (χ1n) is 8.27. The van der Waals surface area contributed by atoms with Gasteiger partial charge in [0.25, 0.3) is 5.91 Å². The number of nitrogens with zero attached hydrogens (tertiary/aromatic N) is 2. The monoisotopic (exact) mass is 309 g/mol. The van der Waals surface area contributed by atoms with Crippen molar-refractivity contribution in [3.8, 4) is 0 Å². The van der Waals surface area contributed by atoms with Crippen molar-refractivity contribution in [2.75, 3.05) is 11.9 Å². The Labute approximate surface area is 137 Å². The molecule has 1 saturated heterocycles. The molecule has 1 N–H and O–H groups in total. The molecule has 23 heavy (non-hydrogen) atoms. The van der Waals surface area contributed by atoms with E-state index >= 15 is 0 Å². The highest BCUT2D eigenvalue weighted by Crippen LogP contribution is 2.20. The minimum Gasteiger partial charge on any atom is -0.322 e. The number of carbonyl (C=O) groups is 1. The Hall–Kier alpha value is -2.20. The number of nitrogens with one attached hydrogen (secondary N) is 1. The van der Waals surface area contributed by atoms with Crippen molar-refractivity contribution in [2.24, 2.45) is 0 Å². The molecular formula is C19H23N3O. The van der Waals surface area contributed by atoms with E-state index < -0.39 is 0 Å². The molecule has 0 aliphatic carbocycles. The van der Waals surface area contributed by atoms with Crippen LogP contribution in [0.2, 0.25) is 0 Å². The number of piperidine rings is 1. The van der Waals surface area contributed by atoms with Gasteiger partial charge in [-0.15, -0.1) is 0 Å². The van der Waals surface area contributed by atoms with Crippen LogP contribution in [0.15, 0.2) is 48.8 Å². The van der Waals surface area contributed by atoms with Crippen LogP contribution in [-0.4, -0.2) is 28.4 Å². The van der Waals surface area contributed by atoms with Crippen molar-refractivity contribution in [3.05, 3.63) is 59.9 Å². The van der Waals surface area contributed by atoms with Crippen LogP contribution < -0.4 is 5.32 Å². The second kappa shape index (κ2) is 7.38. The summed E-state index contributed by atoms with van der Waals surface area (Å²) in [6.45, 7) is 4.48. The molecule has 3 rings (SSSR count). The first-order chi connectivity index (χ1) is 11.2. The van der Waals surface area contributed by atoms with Gasteiger partial charge in [0.1, 0.15) is 0 Å². The van der Waals surface area contributed by atoms with Gasteiger partial charge in [-0.3, -0.25) is 14.7 Å². The second-order valence-corrected chi connectivity index (χ2v) is 6.20. The average Bonchev–Trinajstić information content (AvgIpc) is 2.59. The lowest BCUT2D eigenvalue weighted by Gasteiger charge is -2.33. The molecule has 4 heteroatoms. The number of anilines is 1. The maximum absolute atomic E-state index is 12.1. The molecule has 1 aliphatic rings. The molecule has 4 nitrogen and oxygen atoms in total. The van der Waals surface area contributed by atoms with Gasteiger partial charge in [-0.25, -0.2) is 0 Å². The molecule has 1 aromatic heterocycles. The highest BCUT2D eigenvalue weighted by atomic mass is 16.1. The third-order valence-electron chi connectivity index (χ3n) is 4.48. The quantitative estimate of drug-likeness (QED) is 0.936. The van der Waals surface area contributed by atoms with E-state index in [1.165, 1.54) is 31.4 Å². The molecule has 0 bridgehead atoms. The summed E-state index contributed by atoms with van der Waals surface area (Å²) in [5.74, 6) is -0.107. The fourth-order valence-corrected chi connectivity index (χ4v) is 3.03. The van der Waals surface area contributed by atoms with Gasteiger partial charge >= 0.3 is 0 Å². The van der Waals surface area contributed by atoms with E-state index in [4.69, 9.17) is 0 Å². The molecule has 120 valence electrons. The lowest BCUT2D eigenvalue weighted by atomic mass is 10.0. The van der Waals surface area contributed by atoms with Crippen molar-refractivity contribution < 1.29 is 4.79 Å². The van der Waals surface area contributed by atoms with Crippen LogP contribution in [0.4, 0.5) is 5.69 Å². The minimum atomic E-state index is -0.107. The fraction of sp³-hybridized carbons (Fsp3) is 0.368. The van der Waals surface area contributed by atoms with Crippen LogP contribution in [0.25, 0.3) is 0 Å². The second-order valence-electron chi connectivity index (χ2n) is 6.20. The van der Waals surface area contributed by atoms with Gasteiger partial charge in [0.15, 0.2) is 0 Å². The molecule has 2 heterocycles. The van der Waals surface area contributed by atoms with E-state index in [1.807, 2.05) is 12.1 Å². The van der Waals surface area contributed by atoms with Gasteiger partial charge in [0.2, 0.25) is 0 Å². The van der Waals surface area contributed by atoms with Crippen molar-refractivity contribution in [2.45, 2.75) is 38.8 Å². The van der Waals surface area contributed by atoms with Crippen LogP contribution in [0.5, 0.6) is 0 Å². The molecule has 1 aliphatic heterocycles. The molecule has 0 spiro atoms. The topological polar surface area (TPSA) is 45.2 Å². The first-order valence-corrected chi connectivity index (χ1v) is 8.27. The number of benzene rings is 1. The van der Waals surface area contributed by atoms with Gasteiger partial charge in [-0.05, 0) is 56.1 Å². The lowest BCUT2D eigenvalue weighted by molar-refractivity contribution is 0.102.